The van der Waals surface area contributed by atoms with Crippen molar-refractivity contribution in [3.8, 4) is 0 Å². The number of furan rings is 1. The zero-order valence-electron chi connectivity index (χ0n) is 15.8. The minimum absolute atomic E-state index is 0.0188. The maximum Gasteiger partial charge on any atom is 0.256 e. The Morgan fingerprint density at radius 1 is 1.07 bits per heavy atom. The number of carbonyl (C=O) groups is 2. The fraction of sp³-hybridized carbons (Fsp3) is 0.136. The lowest BCUT2D eigenvalue weighted by molar-refractivity contribution is -0.124. The van der Waals surface area contributed by atoms with Crippen molar-refractivity contribution >= 4 is 63.1 Å². The van der Waals surface area contributed by atoms with Crippen LogP contribution in [0.1, 0.15) is 12.2 Å². The van der Waals surface area contributed by atoms with E-state index in [9.17, 15) is 9.59 Å². The van der Waals surface area contributed by atoms with Crippen LogP contribution in [0.3, 0.4) is 0 Å². The summed E-state index contributed by atoms with van der Waals surface area (Å²) in [5.74, 6) is 0.190. The Balaban J connectivity index is 1.57. The van der Waals surface area contributed by atoms with Gasteiger partial charge < -0.3 is 14.6 Å². The van der Waals surface area contributed by atoms with E-state index >= 15 is 0 Å². The highest BCUT2D eigenvalue weighted by atomic mass is 127. The maximum absolute atomic E-state index is 13.3. The fourth-order valence-corrected chi connectivity index (χ4v) is 4.07. The monoisotopic (exact) mass is 531 g/mol. The number of hydrogen-bond donors (Lipinski definition) is 1. The van der Waals surface area contributed by atoms with Crippen LogP contribution in [0, 0.1) is 3.57 Å². The van der Waals surface area contributed by atoms with E-state index < -0.39 is 6.04 Å². The predicted octanol–water partition coefficient (Wildman–Crippen LogP) is 4.42. The summed E-state index contributed by atoms with van der Waals surface area (Å²) in [5, 5.41) is 3.22. The third-order valence-corrected chi connectivity index (χ3v) is 5.88. The number of amides is 2. The predicted molar refractivity (Wildman–Crippen MR) is 127 cm³/mol. The molecule has 2 heterocycles. The molecule has 8 heteroatoms. The molecule has 3 aromatic rings. The molecule has 1 aromatic heterocycles. The van der Waals surface area contributed by atoms with Gasteiger partial charge in [0.15, 0.2) is 5.11 Å². The first-order valence-electron chi connectivity index (χ1n) is 9.30. The van der Waals surface area contributed by atoms with Gasteiger partial charge in [-0.3, -0.25) is 14.5 Å². The first-order chi connectivity index (χ1) is 14.5. The van der Waals surface area contributed by atoms with Crippen molar-refractivity contribution in [3.05, 3.63) is 82.3 Å². The van der Waals surface area contributed by atoms with Crippen molar-refractivity contribution < 1.29 is 14.0 Å². The van der Waals surface area contributed by atoms with E-state index in [1.807, 2.05) is 60.7 Å². The van der Waals surface area contributed by atoms with Crippen LogP contribution in [-0.4, -0.2) is 27.9 Å². The van der Waals surface area contributed by atoms with Crippen LogP contribution in [0.4, 0.5) is 11.4 Å². The number of rotatable bonds is 6. The van der Waals surface area contributed by atoms with Gasteiger partial charge in [0.2, 0.25) is 5.91 Å². The molecule has 30 heavy (non-hydrogen) atoms. The molecule has 1 unspecified atom stereocenters. The Kier molecular flexibility index (Phi) is 6.14. The molecule has 1 atom stereocenters. The Bertz CT molecular complexity index is 1060. The summed E-state index contributed by atoms with van der Waals surface area (Å²) in [4.78, 5) is 29.2. The SMILES string of the molecule is O=C(CC1C(=O)N(c2ccccc2)C(=S)N1Cc1ccco1)Nc1ccc(I)cc1. The van der Waals surface area contributed by atoms with Crippen LogP contribution in [-0.2, 0) is 16.1 Å². The quantitative estimate of drug-likeness (QED) is 0.377. The zero-order chi connectivity index (χ0) is 21.1. The summed E-state index contributed by atoms with van der Waals surface area (Å²) in [6.45, 7) is 0.308. The van der Waals surface area contributed by atoms with E-state index in [1.54, 1.807) is 17.2 Å². The van der Waals surface area contributed by atoms with Crippen LogP contribution >= 0.6 is 34.8 Å². The number of hydrogen-bond acceptors (Lipinski definition) is 4. The molecule has 4 rings (SSSR count). The second kappa shape index (κ2) is 8.97. The van der Waals surface area contributed by atoms with Crippen LogP contribution in [0.25, 0.3) is 0 Å². The molecule has 2 amide bonds. The molecule has 1 fully saturated rings. The first kappa shape index (κ1) is 20.5. The van der Waals surface area contributed by atoms with Gasteiger partial charge in [-0.05, 0) is 83.3 Å². The standard InChI is InChI=1S/C22H18IN3O3S/c23-15-8-10-16(11-9-15)24-20(27)13-19-21(28)26(17-5-2-1-3-6-17)22(30)25(19)14-18-7-4-12-29-18/h1-12,19H,13-14H2,(H,24,27). The molecule has 0 bridgehead atoms. The lowest BCUT2D eigenvalue weighted by Gasteiger charge is -2.22. The van der Waals surface area contributed by atoms with Crippen molar-refractivity contribution in [2.45, 2.75) is 19.0 Å². The number of nitrogens with one attached hydrogen (secondary N) is 1. The molecule has 0 spiro atoms. The average molecular weight is 531 g/mol. The van der Waals surface area contributed by atoms with Crippen molar-refractivity contribution in [2.75, 3.05) is 10.2 Å². The number of anilines is 2. The number of thiocarbonyl (C=S) groups is 1. The lowest BCUT2D eigenvalue weighted by Crippen LogP contribution is -2.37. The van der Waals surface area contributed by atoms with Crippen LogP contribution in [0.15, 0.2) is 77.4 Å². The van der Waals surface area contributed by atoms with Crippen molar-refractivity contribution in [3.63, 3.8) is 0 Å². The van der Waals surface area contributed by atoms with Gasteiger partial charge in [0.1, 0.15) is 11.8 Å². The van der Waals surface area contributed by atoms with E-state index in [0.29, 0.717) is 28.8 Å². The second-order valence-electron chi connectivity index (χ2n) is 6.77. The Labute approximate surface area is 193 Å². The summed E-state index contributed by atoms with van der Waals surface area (Å²) in [6, 6.07) is 19.6. The van der Waals surface area contributed by atoms with Crippen LogP contribution in [0.5, 0.6) is 0 Å². The highest BCUT2D eigenvalue weighted by molar-refractivity contribution is 14.1. The van der Waals surface area contributed by atoms with E-state index in [0.717, 1.165) is 3.57 Å². The van der Waals surface area contributed by atoms with Gasteiger partial charge in [-0.2, -0.15) is 0 Å². The van der Waals surface area contributed by atoms with Gasteiger partial charge in [0.05, 0.1) is 24.9 Å². The van der Waals surface area contributed by atoms with Gasteiger partial charge >= 0.3 is 0 Å². The van der Waals surface area contributed by atoms with Crippen molar-refractivity contribution in [2.24, 2.45) is 0 Å². The lowest BCUT2D eigenvalue weighted by atomic mass is 10.1. The van der Waals surface area contributed by atoms with E-state index in [-0.39, 0.29) is 18.2 Å². The van der Waals surface area contributed by atoms with Crippen molar-refractivity contribution in [1.29, 1.82) is 0 Å². The molecular formula is C22H18IN3O3S. The second-order valence-corrected chi connectivity index (χ2v) is 8.38. The van der Waals surface area contributed by atoms with Crippen LogP contribution in [0.2, 0.25) is 0 Å². The smallest absolute Gasteiger partial charge is 0.256 e. The average Bonchev–Trinajstić information content (AvgIpc) is 3.33. The normalized spacial score (nSPS) is 16.2. The summed E-state index contributed by atoms with van der Waals surface area (Å²) >= 11 is 7.83. The number of carbonyl (C=O) groups excluding carboxylic acids is 2. The highest BCUT2D eigenvalue weighted by Crippen LogP contribution is 2.29. The van der Waals surface area contributed by atoms with Gasteiger partial charge in [0, 0.05) is 9.26 Å². The number of nitrogens with zero attached hydrogens (tertiary/aromatic N) is 2. The van der Waals surface area contributed by atoms with E-state index in [1.165, 1.54) is 4.90 Å². The molecule has 6 nitrogen and oxygen atoms in total. The molecular weight excluding hydrogens is 513 g/mol. The molecule has 1 saturated heterocycles. The molecule has 0 aliphatic carbocycles. The van der Waals surface area contributed by atoms with Gasteiger partial charge in [-0.1, -0.05) is 18.2 Å². The Hall–Kier alpha value is -2.72. The van der Waals surface area contributed by atoms with Gasteiger partial charge in [0.25, 0.3) is 5.91 Å². The number of halogens is 1. The van der Waals surface area contributed by atoms with E-state index in [4.69, 9.17) is 16.6 Å². The molecule has 1 N–H and O–H groups in total. The molecule has 0 saturated carbocycles. The van der Waals surface area contributed by atoms with Gasteiger partial charge in [-0.25, -0.2) is 0 Å². The van der Waals surface area contributed by atoms with Crippen LogP contribution < -0.4 is 10.2 Å². The number of benzene rings is 2. The molecule has 0 radical (unpaired) electrons. The van der Waals surface area contributed by atoms with Crippen molar-refractivity contribution in [1.82, 2.24) is 4.90 Å². The summed E-state index contributed by atoms with van der Waals surface area (Å²) < 4.78 is 6.52. The number of para-hydroxylation sites is 1. The first-order valence-corrected chi connectivity index (χ1v) is 10.8. The highest BCUT2D eigenvalue weighted by Gasteiger charge is 2.44. The molecule has 1 aliphatic rings. The topological polar surface area (TPSA) is 65.8 Å². The molecule has 152 valence electrons. The maximum atomic E-state index is 13.3. The summed E-state index contributed by atoms with van der Waals surface area (Å²) in [7, 11) is 0. The minimum atomic E-state index is -0.716. The largest absolute Gasteiger partial charge is 0.467 e. The summed E-state index contributed by atoms with van der Waals surface area (Å²) in [6.07, 6.45) is 1.55. The van der Waals surface area contributed by atoms with Gasteiger partial charge in [-0.15, -0.1) is 0 Å². The van der Waals surface area contributed by atoms with E-state index in [2.05, 4.69) is 27.9 Å². The third kappa shape index (κ3) is 4.39. The minimum Gasteiger partial charge on any atom is -0.467 e. The fourth-order valence-electron chi connectivity index (χ4n) is 3.32. The third-order valence-electron chi connectivity index (χ3n) is 4.75. The molecule has 1 aliphatic heterocycles. The Morgan fingerprint density at radius 3 is 2.47 bits per heavy atom. The Morgan fingerprint density at radius 2 is 1.80 bits per heavy atom. The zero-order valence-corrected chi connectivity index (χ0v) is 18.8. The molecule has 2 aromatic carbocycles. The summed E-state index contributed by atoms with van der Waals surface area (Å²) in [5.41, 5.74) is 1.36.